The number of ether oxygens (including phenoxy) is 2. The summed E-state index contributed by atoms with van der Waals surface area (Å²) in [5.74, 6) is 1.19. The van der Waals surface area contributed by atoms with Crippen LogP contribution in [0.2, 0.25) is 0 Å². The Labute approximate surface area is 183 Å². The van der Waals surface area contributed by atoms with Crippen LogP contribution < -0.4 is 20.1 Å². The van der Waals surface area contributed by atoms with Gasteiger partial charge in [0.15, 0.2) is 0 Å². The van der Waals surface area contributed by atoms with Crippen LogP contribution in [0.5, 0.6) is 11.5 Å². The number of hydrogen-bond acceptors (Lipinski definition) is 5. The molecule has 0 aliphatic carbocycles. The SMILES string of the molecule is COc1ccc(NC(=O)CN2CCC(C(=O)NCc3ccc(C)cc3)CC2)c(OC)c1. The number of nitrogens with one attached hydrogen (secondary N) is 2. The Morgan fingerprint density at radius 1 is 1.03 bits per heavy atom. The van der Waals surface area contributed by atoms with Crippen molar-refractivity contribution >= 4 is 17.5 Å². The molecule has 1 aliphatic rings. The van der Waals surface area contributed by atoms with Gasteiger partial charge in [0.05, 0.1) is 26.5 Å². The van der Waals surface area contributed by atoms with Gasteiger partial charge in [-0.2, -0.15) is 0 Å². The van der Waals surface area contributed by atoms with Crippen LogP contribution in [0.3, 0.4) is 0 Å². The average Bonchev–Trinajstić information content (AvgIpc) is 2.79. The summed E-state index contributed by atoms with van der Waals surface area (Å²) in [6, 6.07) is 13.4. The maximum absolute atomic E-state index is 12.5. The number of methoxy groups -OCH3 is 2. The Morgan fingerprint density at radius 2 is 1.74 bits per heavy atom. The van der Waals surface area contributed by atoms with E-state index in [1.807, 2.05) is 31.2 Å². The number of benzene rings is 2. The maximum Gasteiger partial charge on any atom is 0.238 e. The molecule has 0 bridgehead atoms. The number of amides is 2. The monoisotopic (exact) mass is 425 g/mol. The van der Waals surface area contributed by atoms with Gasteiger partial charge in [0, 0.05) is 18.5 Å². The standard InChI is InChI=1S/C24H31N3O4/c1-17-4-6-18(7-5-17)15-25-24(29)19-10-12-27(13-11-19)16-23(28)26-21-9-8-20(30-2)14-22(21)31-3/h4-9,14,19H,10-13,15-16H2,1-3H3,(H,25,29)(H,26,28). The molecule has 0 aromatic heterocycles. The van der Waals surface area contributed by atoms with Crippen molar-refractivity contribution in [3.8, 4) is 11.5 Å². The van der Waals surface area contributed by atoms with E-state index in [-0.39, 0.29) is 24.3 Å². The second kappa shape index (κ2) is 10.8. The number of piperidine rings is 1. The molecule has 1 heterocycles. The second-order valence-electron chi connectivity index (χ2n) is 7.87. The largest absolute Gasteiger partial charge is 0.497 e. The van der Waals surface area contributed by atoms with Crippen molar-refractivity contribution in [3.63, 3.8) is 0 Å². The van der Waals surface area contributed by atoms with E-state index in [1.165, 1.54) is 5.56 Å². The number of carbonyl (C=O) groups is 2. The molecular formula is C24H31N3O4. The van der Waals surface area contributed by atoms with Crippen molar-refractivity contribution in [2.75, 3.05) is 39.2 Å². The highest BCUT2D eigenvalue weighted by Gasteiger charge is 2.26. The minimum absolute atomic E-state index is 0.00792. The van der Waals surface area contributed by atoms with Crippen LogP contribution in [0.15, 0.2) is 42.5 Å². The van der Waals surface area contributed by atoms with Crippen LogP contribution in [-0.4, -0.2) is 50.6 Å². The maximum atomic E-state index is 12.5. The van der Waals surface area contributed by atoms with Gasteiger partial charge < -0.3 is 20.1 Å². The smallest absolute Gasteiger partial charge is 0.238 e. The van der Waals surface area contributed by atoms with Crippen LogP contribution in [0.25, 0.3) is 0 Å². The Hall–Kier alpha value is -3.06. The van der Waals surface area contributed by atoms with E-state index in [0.29, 0.717) is 23.7 Å². The average molecular weight is 426 g/mol. The van der Waals surface area contributed by atoms with Crippen molar-refractivity contribution in [1.29, 1.82) is 0 Å². The van der Waals surface area contributed by atoms with Gasteiger partial charge in [0.25, 0.3) is 0 Å². The molecule has 2 N–H and O–H groups in total. The Kier molecular flexibility index (Phi) is 7.89. The minimum Gasteiger partial charge on any atom is -0.497 e. The normalized spacial score (nSPS) is 14.7. The number of likely N-dealkylation sites (tertiary alicyclic amines) is 1. The van der Waals surface area contributed by atoms with Crippen LogP contribution in [0.4, 0.5) is 5.69 Å². The summed E-state index contributed by atoms with van der Waals surface area (Å²) in [5, 5.41) is 5.93. The Bertz CT molecular complexity index is 890. The fraction of sp³-hybridized carbons (Fsp3) is 0.417. The molecule has 31 heavy (non-hydrogen) atoms. The summed E-state index contributed by atoms with van der Waals surface area (Å²) < 4.78 is 10.5. The van der Waals surface area contributed by atoms with E-state index >= 15 is 0 Å². The predicted molar refractivity (Wildman–Crippen MR) is 120 cm³/mol. The highest BCUT2D eigenvalue weighted by atomic mass is 16.5. The van der Waals surface area contributed by atoms with Crippen LogP contribution in [0, 0.1) is 12.8 Å². The highest BCUT2D eigenvalue weighted by Crippen LogP contribution is 2.29. The van der Waals surface area contributed by atoms with Crippen molar-refractivity contribution in [2.45, 2.75) is 26.3 Å². The molecule has 0 unspecified atom stereocenters. The molecule has 3 rings (SSSR count). The predicted octanol–water partition coefficient (Wildman–Crippen LogP) is 2.98. The molecule has 2 aromatic rings. The summed E-state index contributed by atoms with van der Waals surface area (Å²) in [6.45, 7) is 4.31. The Balaban J connectivity index is 1.42. The van der Waals surface area contributed by atoms with Gasteiger partial charge >= 0.3 is 0 Å². The summed E-state index contributed by atoms with van der Waals surface area (Å²) in [6.07, 6.45) is 1.50. The number of nitrogens with zero attached hydrogens (tertiary/aromatic N) is 1. The lowest BCUT2D eigenvalue weighted by Crippen LogP contribution is -2.43. The third kappa shape index (κ3) is 6.46. The van der Waals surface area contributed by atoms with Crippen molar-refractivity contribution < 1.29 is 19.1 Å². The molecule has 2 aromatic carbocycles. The minimum atomic E-state index is -0.106. The first-order valence-corrected chi connectivity index (χ1v) is 10.6. The lowest BCUT2D eigenvalue weighted by Gasteiger charge is -2.30. The first kappa shape index (κ1) is 22.6. The van der Waals surface area contributed by atoms with E-state index in [0.717, 1.165) is 31.5 Å². The molecule has 1 saturated heterocycles. The molecule has 166 valence electrons. The zero-order valence-corrected chi connectivity index (χ0v) is 18.4. The van der Waals surface area contributed by atoms with Gasteiger partial charge in [-0.25, -0.2) is 0 Å². The number of anilines is 1. The first-order chi connectivity index (χ1) is 15.0. The van der Waals surface area contributed by atoms with Crippen molar-refractivity contribution in [3.05, 3.63) is 53.6 Å². The van der Waals surface area contributed by atoms with Gasteiger partial charge in [-0.05, 0) is 50.6 Å². The number of hydrogen-bond donors (Lipinski definition) is 2. The topological polar surface area (TPSA) is 79.9 Å². The summed E-state index contributed by atoms with van der Waals surface area (Å²) >= 11 is 0. The molecule has 1 fully saturated rings. The van der Waals surface area contributed by atoms with E-state index in [1.54, 1.807) is 32.4 Å². The molecule has 0 radical (unpaired) electrons. The van der Waals surface area contributed by atoms with Gasteiger partial charge in [-0.1, -0.05) is 29.8 Å². The lowest BCUT2D eigenvalue weighted by molar-refractivity contribution is -0.126. The molecule has 0 spiro atoms. The van der Waals surface area contributed by atoms with Gasteiger partial charge in [0.1, 0.15) is 11.5 Å². The van der Waals surface area contributed by atoms with Gasteiger partial charge in [-0.15, -0.1) is 0 Å². The number of aryl methyl sites for hydroxylation is 1. The third-order valence-electron chi connectivity index (χ3n) is 5.60. The molecule has 0 saturated carbocycles. The van der Waals surface area contributed by atoms with Crippen molar-refractivity contribution in [2.24, 2.45) is 5.92 Å². The van der Waals surface area contributed by atoms with Gasteiger partial charge in [-0.3, -0.25) is 14.5 Å². The van der Waals surface area contributed by atoms with E-state index in [9.17, 15) is 9.59 Å². The molecule has 1 aliphatic heterocycles. The second-order valence-corrected chi connectivity index (χ2v) is 7.87. The quantitative estimate of drug-likeness (QED) is 0.680. The molecular weight excluding hydrogens is 394 g/mol. The lowest BCUT2D eigenvalue weighted by atomic mass is 9.96. The zero-order valence-electron chi connectivity index (χ0n) is 18.4. The summed E-state index contributed by atoms with van der Waals surface area (Å²) in [4.78, 5) is 27.1. The highest BCUT2D eigenvalue weighted by molar-refractivity contribution is 5.93. The fourth-order valence-corrected chi connectivity index (χ4v) is 3.69. The van der Waals surface area contributed by atoms with E-state index in [4.69, 9.17) is 9.47 Å². The third-order valence-corrected chi connectivity index (χ3v) is 5.60. The Morgan fingerprint density at radius 3 is 2.39 bits per heavy atom. The molecule has 7 nitrogen and oxygen atoms in total. The van der Waals surface area contributed by atoms with Crippen molar-refractivity contribution in [1.82, 2.24) is 10.2 Å². The van der Waals surface area contributed by atoms with Crippen LogP contribution in [0.1, 0.15) is 24.0 Å². The first-order valence-electron chi connectivity index (χ1n) is 10.6. The molecule has 2 amide bonds. The van der Waals surface area contributed by atoms with Crippen LogP contribution in [-0.2, 0) is 16.1 Å². The van der Waals surface area contributed by atoms with E-state index < -0.39 is 0 Å². The van der Waals surface area contributed by atoms with E-state index in [2.05, 4.69) is 15.5 Å². The van der Waals surface area contributed by atoms with Gasteiger partial charge in [0.2, 0.25) is 11.8 Å². The van der Waals surface area contributed by atoms with Crippen LogP contribution >= 0.6 is 0 Å². The summed E-state index contributed by atoms with van der Waals surface area (Å²) in [5.41, 5.74) is 2.91. The fourth-order valence-electron chi connectivity index (χ4n) is 3.69. The molecule has 7 heteroatoms. The molecule has 0 atom stereocenters. The summed E-state index contributed by atoms with van der Waals surface area (Å²) in [7, 11) is 3.14. The number of carbonyl (C=O) groups excluding carboxylic acids is 2. The number of rotatable bonds is 8. The zero-order chi connectivity index (χ0) is 22.2.